The summed E-state index contributed by atoms with van der Waals surface area (Å²) in [6.07, 6.45) is -1.06. The van der Waals surface area contributed by atoms with Gasteiger partial charge in [0.1, 0.15) is 6.10 Å². The van der Waals surface area contributed by atoms with Crippen LogP contribution in [0, 0.1) is 0 Å². The first-order valence-corrected chi connectivity index (χ1v) is 6.07. The number of amides is 1. The van der Waals surface area contributed by atoms with E-state index in [-0.39, 0.29) is 0 Å². The number of aliphatic hydroxyl groups excluding tert-OH is 1. The van der Waals surface area contributed by atoms with Gasteiger partial charge in [-0.25, -0.2) is 0 Å². The minimum absolute atomic E-state index is 0.440. The van der Waals surface area contributed by atoms with E-state index in [2.05, 4.69) is 11.9 Å². The summed E-state index contributed by atoms with van der Waals surface area (Å²) in [5, 5.41) is 11.9. The second-order valence-electron chi connectivity index (χ2n) is 4.19. The molecule has 3 nitrogen and oxygen atoms in total. The zero-order chi connectivity index (χ0) is 13.7. The van der Waals surface area contributed by atoms with E-state index in [9.17, 15) is 9.90 Å². The lowest BCUT2D eigenvalue weighted by atomic mass is 10.0. The van der Waals surface area contributed by atoms with Crippen molar-refractivity contribution < 1.29 is 9.90 Å². The van der Waals surface area contributed by atoms with E-state index in [1.807, 2.05) is 30.3 Å². The highest BCUT2D eigenvalue weighted by Crippen LogP contribution is 2.10. The fourth-order valence-electron chi connectivity index (χ4n) is 1.44. The maximum absolute atomic E-state index is 11.5. The van der Waals surface area contributed by atoms with Crippen LogP contribution in [0.15, 0.2) is 42.5 Å². The lowest BCUT2D eigenvalue weighted by Crippen LogP contribution is -2.44. The molecule has 0 aliphatic carbocycles. The topological polar surface area (TPSA) is 49.3 Å². The van der Waals surface area contributed by atoms with Gasteiger partial charge < -0.3 is 10.4 Å². The monoisotopic (exact) mass is 263 g/mol. The second-order valence-corrected chi connectivity index (χ2v) is 4.63. The normalized spacial score (nSPS) is 13.5. The molecule has 2 atom stereocenters. The Morgan fingerprint density at radius 1 is 1.39 bits per heavy atom. The molecule has 0 bridgehead atoms. The van der Waals surface area contributed by atoms with Gasteiger partial charge in [0, 0.05) is 4.86 Å². The third kappa shape index (κ3) is 3.75. The smallest absolute Gasteiger partial charge is 0.249 e. The molecule has 0 spiro atoms. The molecule has 0 saturated heterocycles. The molecule has 0 aliphatic rings. The summed E-state index contributed by atoms with van der Waals surface area (Å²) in [7, 11) is 0. The van der Waals surface area contributed by atoms with Crippen LogP contribution in [0.1, 0.15) is 19.4 Å². The van der Waals surface area contributed by atoms with Crippen molar-refractivity contribution in [3.05, 3.63) is 48.0 Å². The van der Waals surface area contributed by atoms with Crippen LogP contribution < -0.4 is 5.32 Å². The van der Waals surface area contributed by atoms with E-state index in [0.717, 1.165) is 11.1 Å². The predicted octanol–water partition coefficient (Wildman–Crippen LogP) is 1.85. The largest absolute Gasteiger partial charge is 0.384 e. The van der Waals surface area contributed by atoms with Crippen LogP contribution in [0.4, 0.5) is 0 Å². The van der Waals surface area contributed by atoms with E-state index < -0.39 is 18.1 Å². The van der Waals surface area contributed by atoms with Gasteiger partial charge in [-0.3, -0.25) is 4.79 Å². The molecular weight excluding hydrogens is 246 g/mol. The number of carbonyl (C=O) groups excluding carboxylic acids is 1. The van der Waals surface area contributed by atoms with Crippen LogP contribution >= 0.6 is 12.2 Å². The highest BCUT2D eigenvalue weighted by molar-refractivity contribution is 7.81. The minimum Gasteiger partial charge on any atom is -0.384 e. The van der Waals surface area contributed by atoms with Crippen molar-refractivity contribution in [3.63, 3.8) is 0 Å². The lowest BCUT2D eigenvalue weighted by Gasteiger charge is -2.21. The number of benzene rings is 1. The Bertz CT molecular complexity index is 454. The first-order chi connectivity index (χ1) is 8.43. The van der Waals surface area contributed by atoms with Crippen molar-refractivity contribution in [1.29, 1.82) is 0 Å². The van der Waals surface area contributed by atoms with Crippen molar-refractivity contribution in [3.8, 4) is 0 Å². The Morgan fingerprint density at radius 2 is 1.94 bits per heavy atom. The fourth-order valence-corrected chi connectivity index (χ4v) is 1.84. The number of hydrogen-bond acceptors (Lipinski definition) is 3. The number of nitrogens with one attached hydrogen (secondary N) is 1. The second kappa shape index (κ2) is 6.42. The standard InChI is InChI=1S/C14H17NO2S/c1-9(2)12(15-14(17)10(3)16)13(18)11-7-5-4-6-8-11/h4-8,10,12,16H,1H2,2-3H3,(H,15,17). The van der Waals surface area contributed by atoms with Gasteiger partial charge in [-0.05, 0) is 19.4 Å². The molecular formula is C14H17NO2S. The van der Waals surface area contributed by atoms with Crippen LogP contribution in [0.25, 0.3) is 0 Å². The molecule has 1 aromatic rings. The first-order valence-electron chi connectivity index (χ1n) is 5.66. The van der Waals surface area contributed by atoms with E-state index >= 15 is 0 Å². The van der Waals surface area contributed by atoms with Crippen LogP contribution in [0.3, 0.4) is 0 Å². The Balaban J connectivity index is 2.90. The quantitative estimate of drug-likeness (QED) is 0.484. The molecule has 0 aliphatic heterocycles. The molecule has 18 heavy (non-hydrogen) atoms. The van der Waals surface area contributed by atoms with Crippen molar-refractivity contribution in [2.45, 2.75) is 26.0 Å². The molecule has 1 aromatic carbocycles. The molecule has 1 amide bonds. The number of rotatable bonds is 5. The summed E-state index contributed by atoms with van der Waals surface area (Å²) in [6, 6.07) is 8.99. The van der Waals surface area contributed by atoms with Gasteiger partial charge in [0.2, 0.25) is 5.91 Å². The van der Waals surface area contributed by atoms with Gasteiger partial charge in [-0.2, -0.15) is 0 Å². The molecule has 96 valence electrons. The first kappa shape index (κ1) is 14.5. The zero-order valence-electron chi connectivity index (χ0n) is 10.5. The van der Waals surface area contributed by atoms with Crippen molar-refractivity contribution in [2.75, 3.05) is 0 Å². The van der Waals surface area contributed by atoms with Gasteiger partial charge in [-0.1, -0.05) is 54.7 Å². The molecule has 0 saturated carbocycles. The molecule has 0 fully saturated rings. The SMILES string of the molecule is C=C(C)C(NC(=O)C(C)O)C(=S)c1ccccc1. The summed E-state index contributed by atoms with van der Waals surface area (Å²) >= 11 is 5.37. The summed E-state index contributed by atoms with van der Waals surface area (Å²) in [4.78, 5) is 12.1. The Morgan fingerprint density at radius 3 is 2.39 bits per heavy atom. The molecule has 0 radical (unpaired) electrons. The van der Waals surface area contributed by atoms with E-state index in [1.54, 1.807) is 6.92 Å². The molecule has 0 heterocycles. The van der Waals surface area contributed by atoms with Crippen LogP contribution in [0.2, 0.25) is 0 Å². The lowest BCUT2D eigenvalue weighted by molar-refractivity contribution is -0.128. The average molecular weight is 263 g/mol. The third-order valence-corrected chi connectivity index (χ3v) is 2.95. The highest BCUT2D eigenvalue weighted by Gasteiger charge is 2.21. The number of aliphatic hydroxyl groups is 1. The maximum atomic E-state index is 11.5. The molecule has 0 aromatic heterocycles. The van der Waals surface area contributed by atoms with Crippen LogP contribution in [-0.4, -0.2) is 28.0 Å². The fraction of sp³-hybridized carbons (Fsp3) is 0.286. The van der Waals surface area contributed by atoms with Gasteiger partial charge in [-0.15, -0.1) is 0 Å². The summed E-state index contributed by atoms with van der Waals surface area (Å²) < 4.78 is 0. The van der Waals surface area contributed by atoms with Gasteiger partial charge in [0.15, 0.2) is 0 Å². The number of thiocarbonyl (C=S) groups is 1. The summed E-state index contributed by atoms with van der Waals surface area (Å²) in [5.74, 6) is -0.457. The van der Waals surface area contributed by atoms with E-state index in [4.69, 9.17) is 12.2 Å². The Kier molecular flexibility index (Phi) is 5.19. The third-order valence-electron chi connectivity index (χ3n) is 2.48. The van der Waals surface area contributed by atoms with Crippen LogP contribution in [-0.2, 0) is 4.79 Å². The van der Waals surface area contributed by atoms with Crippen molar-refractivity contribution >= 4 is 23.0 Å². The van der Waals surface area contributed by atoms with Crippen LogP contribution in [0.5, 0.6) is 0 Å². The Hall–Kier alpha value is -1.52. The number of hydrogen-bond donors (Lipinski definition) is 2. The highest BCUT2D eigenvalue weighted by atomic mass is 32.1. The van der Waals surface area contributed by atoms with Crippen molar-refractivity contribution in [2.24, 2.45) is 0 Å². The van der Waals surface area contributed by atoms with Gasteiger partial charge in [0.05, 0.1) is 6.04 Å². The molecule has 1 rings (SSSR count). The Labute approximate surface area is 113 Å². The zero-order valence-corrected chi connectivity index (χ0v) is 11.3. The summed E-state index contributed by atoms with van der Waals surface area (Å²) in [5.41, 5.74) is 1.60. The molecule has 2 N–H and O–H groups in total. The average Bonchev–Trinajstić information content (AvgIpc) is 2.35. The molecule has 2 unspecified atom stereocenters. The van der Waals surface area contributed by atoms with Gasteiger partial charge >= 0.3 is 0 Å². The number of carbonyl (C=O) groups is 1. The van der Waals surface area contributed by atoms with E-state index in [1.165, 1.54) is 6.92 Å². The minimum atomic E-state index is -1.06. The predicted molar refractivity (Wildman–Crippen MR) is 76.6 cm³/mol. The molecule has 4 heteroatoms. The van der Waals surface area contributed by atoms with Gasteiger partial charge in [0.25, 0.3) is 0 Å². The van der Waals surface area contributed by atoms with Crippen molar-refractivity contribution in [1.82, 2.24) is 5.32 Å². The summed E-state index contributed by atoms with van der Waals surface area (Å²) in [6.45, 7) is 7.04. The maximum Gasteiger partial charge on any atom is 0.249 e. The van der Waals surface area contributed by atoms with E-state index in [0.29, 0.717) is 4.86 Å².